The molecule has 3 amide bonds. The highest BCUT2D eigenvalue weighted by Gasteiger charge is 2.29. The van der Waals surface area contributed by atoms with Crippen molar-refractivity contribution in [2.24, 2.45) is 5.92 Å². The normalized spacial score (nSPS) is 18.5. The Kier molecular flexibility index (Phi) is 7.23. The number of nitrogens with one attached hydrogen (secondary N) is 1. The number of rotatable bonds is 5. The molecule has 0 unspecified atom stereocenters. The fraction of sp³-hybridized carbons (Fsp3) is 0.464. The van der Waals surface area contributed by atoms with Crippen molar-refractivity contribution in [1.29, 1.82) is 0 Å². The van der Waals surface area contributed by atoms with Crippen LogP contribution in [-0.2, 0) is 9.53 Å². The Bertz CT molecular complexity index is 1110. The number of amides is 3. The molecular formula is C28H34N4O4. The lowest BCUT2D eigenvalue weighted by molar-refractivity contribution is -0.122. The first-order valence-electron chi connectivity index (χ1n) is 12.9. The van der Waals surface area contributed by atoms with E-state index in [0.717, 1.165) is 30.5 Å². The van der Waals surface area contributed by atoms with Gasteiger partial charge in [-0.25, -0.2) is 0 Å². The van der Waals surface area contributed by atoms with Gasteiger partial charge in [0.1, 0.15) is 0 Å². The van der Waals surface area contributed by atoms with E-state index in [2.05, 4.69) is 10.2 Å². The number of carbonyl (C=O) groups is 3. The predicted octanol–water partition coefficient (Wildman–Crippen LogP) is 3.17. The van der Waals surface area contributed by atoms with Crippen molar-refractivity contribution in [1.82, 2.24) is 9.80 Å². The minimum absolute atomic E-state index is 0.0296. The summed E-state index contributed by atoms with van der Waals surface area (Å²) >= 11 is 0. The number of morpholine rings is 1. The molecule has 2 saturated heterocycles. The van der Waals surface area contributed by atoms with Gasteiger partial charge < -0.3 is 24.8 Å². The highest BCUT2D eigenvalue weighted by Crippen LogP contribution is 2.30. The van der Waals surface area contributed by atoms with E-state index >= 15 is 0 Å². The summed E-state index contributed by atoms with van der Waals surface area (Å²) in [4.78, 5) is 44.9. The first kappa shape index (κ1) is 24.3. The van der Waals surface area contributed by atoms with E-state index in [0.29, 0.717) is 69.3 Å². The number of benzene rings is 2. The summed E-state index contributed by atoms with van der Waals surface area (Å²) in [5.41, 5.74) is 3.91. The van der Waals surface area contributed by atoms with Gasteiger partial charge in [-0.3, -0.25) is 14.4 Å². The van der Waals surface area contributed by atoms with E-state index in [1.165, 1.54) is 0 Å². The van der Waals surface area contributed by atoms with Gasteiger partial charge in [0.2, 0.25) is 5.91 Å². The van der Waals surface area contributed by atoms with Crippen molar-refractivity contribution in [3.05, 3.63) is 59.2 Å². The van der Waals surface area contributed by atoms with Gasteiger partial charge in [-0.2, -0.15) is 0 Å². The second-order valence-electron chi connectivity index (χ2n) is 9.90. The van der Waals surface area contributed by atoms with Crippen LogP contribution >= 0.6 is 0 Å². The van der Waals surface area contributed by atoms with E-state index in [-0.39, 0.29) is 23.6 Å². The van der Waals surface area contributed by atoms with E-state index in [4.69, 9.17) is 4.74 Å². The molecule has 8 heteroatoms. The molecule has 0 spiro atoms. The molecule has 1 saturated carbocycles. The molecule has 5 rings (SSSR count). The lowest BCUT2D eigenvalue weighted by atomic mass is 9.85. The number of carbonyl (C=O) groups excluding carboxylic acids is 3. The van der Waals surface area contributed by atoms with Crippen LogP contribution in [0.3, 0.4) is 0 Å². The molecular weight excluding hydrogens is 456 g/mol. The molecule has 8 nitrogen and oxygen atoms in total. The molecule has 2 heterocycles. The largest absolute Gasteiger partial charge is 0.378 e. The van der Waals surface area contributed by atoms with Gasteiger partial charge in [-0.1, -0.05) is 24.1 Å². The molecule has 0 radical (unpaired) electrons. The van der Waals surface area contributed by atoms with Crippen LogP contribution in [-0.4, -0.2) is 80.0 Å². The predicted molar refractivity (Wildman–Crippen MR) is 138 cm³/mol. The highest BCUT2D eigenvalue weighted by atomic mass is 16.5. The van der Waals surface area contributed by atoms with Gasteiger partial charge in [0.25, 0.3) is 11.8 Å². The van der Waals surface area contributed by atoms with Crippen LogP contribution in [0, 0.1) is 12.8 Å². The van der Waals surface area contributed by atoms with Crippen LogP contribution < -0.4 is 10.2 Å². The summed E-state index contributed by atoms with van der Waals surface area (Å²) in [6, 6.07) is 13.3. The molecule has 2 aromatic rings. The number of hydrogen-bond acceptors (Lipinski definition) is 5. The van der Waals surface area contributed by atoms with E-state index in [1.54, 1.807) is 0 Å². The Hall–Kier alpha value is -3.39. The van der Waals surface area contributed by atoms with E-state index in [1.807, 2.05) is 59.2 Å². The number of hydrogen-bond donors (Lipinski definition) is 1. The lowest BCUT2D eigenvalue weighted by Crippen LogP contribution is -2.49. The number of anilines is 2. The fourth-order valence-corrected chi connectivity index (χ4v) is 4.94. The maximum Gasteiger partial charge on any atom is 0.256 e. The van der Waals surface area contributed by atoms with Gasteiger partial charge in [-0.05, 0) is 50.1 Å². The minimum Gasteiger partial charge on any atom is -0.378 e. The maximum atomic E-state index is 13.6. The van der Waals surface area contributed by atoms with Crippen LogP contribution in [0.5, 0.6) is 0 Å². The summed E-state index contributed by atoms with van der Waals surface area (Å²) in [6.07, 6.45) is 2.94. The van der Waals surface area contributed by atoms with E-state index in [9.17, 15) is 14.4 Å². The fourth-order valence-electron chi connectivity index (χ4n) is 4.94. The van der Waals surface area contributed by atoms with Gasteiger partial charge in [0, 0.05) is 62.1 Å². The first-order chi connectivity index (χ1) is 17.5. The number of aryl methyl sites for hydroxylation is 1. The van der Waals surface area contributed by atoms with Crippen molar-refractivity contribution in [3.8, 4) is 0 Å². The molecule has 2 aromatic carbocycles. The third-order valence-electron chi connectivity index (χ3n) is 7.47. The molecule has 3 fully saturated rings. The standard InChI is InChI=1S/C28H34N4O4/c1-20-5-7-22(8-6-20)27(34)31-13-11-30(12-14-31)25-10-9-23(29-26(33)21-3-2-4-21)19-24(25)28(35)32-15-17-36-18-16-32/h5-10,19,21H,2-4,11-18H2,1H3,(H,29,33). The summed E-state index contributed by atoms with van der Waals surface area (Å²) in [6.45, 7) is 6.59. The molecule has 0 atom stereocenters. The monoisotopic (exact) mass is 490 g/mol. The Morgan fingerprint density at radius 2 is 1.50 bits per heavy atom. The number of nitrogens with zero attached hydrogens (tertiary/aromatic N) is 3. The van der Waals surface area contributed by atoms with Crippen molar-refractivity contribution < 1.29 is 19.1 Å². The average molecular weight is 491 g/mol. The summed E-state index contributed by atoms with van der Waals surface area (Å²) in [5.74, 6) is 0.0868. The van der Waals surface area contributed by atoms with Gasteiger partial charge in [0.15, 0.2) is 0 Å². The minimum atomic E-state index is -0.0498. The van der Waals surface area contributed by atoms with Crippen molar-refractivity contribution in [2.45, 2.75) is 26.2 Å². The molecule has 190 valence electrons. The maximum absolute atomic E-state index is 13.6. The zero-order valence-corrected chi connectivity index (χ0v) is 20.9. The van der Waals surface area contributed by atoms with Crippen molar-refractivity contribution >= 4 is 29.1 Å². The molecule has 0 aromatic heterocycles. The van der Waals surface area contributed by atoms with E-state index < -0.39 is 0 Å². The summed E-state index contributed by atoms with van der Waals surface area (Å²) in [5, 5.41) is 3.01. The molecule has 2 aliphatic heterocycles. The van der Waals surface area contributed by atoms with Gasteiger partial charge >= 0.3 is 0 Å². The van der Waals surface area contributed by atoms with Crippen LogP contribution in [0.1, 0.15) is 45.5 Å². The summed E-state index contributed by atoms with van der Waals surface area (Å²) < 4.78 is 5.43. The number of ether oxygens (including phenoxy) is 1. The molecule has 1 N–H and O–H groups in total. The van der Waals surface area contributed by atoms with Crippen LogP contribution in [0.25, 0.3) is 0 Å². The molecule has 0 bridgehead atoms. The number of piperazine rings is 1. The highest BCUT2D eigenvalue weighted by molar-refractivity contribution is 6.02. The zero-order chi connectivity index (χ0) is 25.1. The van der Waals surface area contributed by atoms with Gasteiger partial charge in [0.05, 0.1) is 18.8 Å². The quantitative estimate of drug-likeness (QED) is 0.696. The van der Waals surface area contributed by atoms with Crippen molar-refractivity contribution in [2.75, 3.05) is 62.7 Å². The third-order valence-corrected chi connectivity index (χ3v) is 7.47. The average Bonchev–Trinajstić information content (AvgIpc) is 2.88. The van der Waals surface area contributed by atoms with Gasteiger partial charge in [-0.15, -0.1) is 0 Å². The van der Waals surface area contributed by atoms with Crippen LogP contribution in [0.4, 0.5) is 11.4 Å². The lowest BCUT2D eigenvalue weighted by Gasteiger charge is -2.37. The Labute approximate surface area is 212 Å². The van der Waals surface area contributed by atoms with Crippen LogP contribution in [0.15, 0.2) is 42.5 Å². The smallest absolute Gasteiger partial charge is 0.256 e. The second kappa shape index (κ2) is 10.7. The molecule has 3 aliphatic rings. The molecule has 1 aliphatic carbocycles. The Morgan fingerprint density at radius 3 is 2.14 bits per heavy atom. The Balaban J connectivity index is 1.33. The SMILES string of the molecule is Cc1ccc(C(=O)N2CCN(c3ccc(NC(=O)C4CCC4)cc3C(=O)N3CCOCC3)CC2)cc1. The zero-order valence-electron chi connectivity index (χ0n) is 20.9. The topological polar surface area (TPSA) is 82.2 Å². The molecule has 36 heavy (non-hydrogen) atoms. The second-order valence-corrected chi connectivity index (χ2v) is 9.90. The first-order valence-corrected chi connectivity index (χ1v) is 12.9. The van der Waals surface area contributed by atoms with Crippen LogP contribution in [0.2, 0.25) is 0 Å². The van der Waals surface area contributed by atoms with Crippen molar-refractivity contribution in [3.63, 3.8) is 0 Å². The third kappa shape index (κ3) is 5.23. The summed E-state index contributed by atoms with van der Waals surface area (Å²) in [7, 11) is 0. The Morgan fingerprint density at radius 1 is 0.833 bits per heavy atom.